The van der Waals surface area contributed by atoms with Crippen molar-refractivity contribution in [2.45, 2.75) is 25.3 Å². The van der Waals surface area contributed by atoms with Gasteiger partial charge in [0, 0.05) is 0 Å². The molecule has 82 valence electrons. The van der Waals surface area contributed by atoms with Crippen LogP contribution < -0.4 is 5.56 Å². The summed E-state index contributed by atoms with van der Waals surface area (Å²) in [6.07, 6.45) is 3.50. The first-order valence-corrected chi connectivity index (χ1v) is 5.51. The number of piperidine rings is 1. The van der Waals surface area contributed by atoms with E-state index < -0.39 is 0 Å². The van der Waals surface area contributed by atoms with Gasteiger partial charge in [0.15, 0.2) is 0 Å². The molecule has 15 heavy (non-hydrogen) atoms. The van der Waals surface area contributed by atoms with Gasteiger partial charge in [-0.1, -0.05) is 18.0 Å². The third kappa shape index (κ3) is 2.21. The van der Waals surface area contributed by atoms with E-state index >= 15 is 0 Å². The summed E-state index contributed by atoms with van der Waals surface area (Å²) in [7, 11) is 2.07. The van der Waals surface area contributed by atoms with Crippen LogP contribution in [-0.4, -0.2) is 28.7 Å². The molecule has 0 amide bonds. The van der Waals surface area contributed by atoms with Crippen LogP contribution in [0, 0.1) is 0 Å². The third-order valence-corrected chi connectivity index (χ3v) is 3.17. The summed E-state index contributed by atoms with van der Waals surface area (Å²) in [6.45, 7) is 1.07. The lowest BCUT2D eigenvalue weighted by Crippen LogP contribution is -2.31. The molecule has 4 nitrogen and oxygen atoms in total. The third-order valence-electron chi connectivity index (χ3n) is 2.89. The Bertz CT molecular complexity index is 404. The predicted octanol–water partition coefficient (Wildman–Crippen LogP) is 1.58. The minimum atomic E-state index is -0.320. The summed E-state index contributed by atoms with van der Waals surface area (Å²) in [5.74, 6) is 0. The van der Waals surface area contributed by atoms with Crippen molar-refractivity contribution in [2.75, 3.05) is 13.6 Å². The van der Waals surface area contributed by atoms with Crippen molar-refractivity contribution in [1.82, 2.24) is 15.1 Å². The van der Waals surface area contributed by atoms with Crippen molar-refractivity contribution in [3.8, 4) is 0 Å². The van der Waals surface area contributed by atoms with Crippen LogP contribution in [0.3, 0.4) is 0 Å². The number of nitrogens with one attached hydrogen (secondary N) is 1. The van der Waals surface area contributed by atoms with Crippen LogP contribution in [0.25, 0.3) is 0 Å². The van der Waals surface area contributed by atoms with E-state index in [4.69, 9.17) is 11.6 Å². The quantitative estimate of drug-likeness (QED) is 0.793. The van der Waals surface area contributed by atoms with Crippen LogP contribution in [-0.2, 0) is 0 Å². The Morgan fingerprint density at radius 3 is 3.07 bits per heavy atom. The molecule has 2 heterocycles. The second-order valence-electron chi connectivity index (χ2n) is 3.96. The normalized spacial score (nSPS) is 22.9. The van der Waals surface area contributed by atoms with Crippen molar-refractivity contribution < 1.29 is 0 Å². The van der Waals surface area contributed by atoms with Crippen LogP contribution in [0.2, 0.25) is 5.02 Å². The number of aromatic amines is 1. The maximum Gasteiger partial charge on any atom is 0.282 e. The Kier molecular flexibility index (Phi) is 3.07. The van der Waals surface area contributed by atoms with Gasteiger partial charge in [0.05, 0.1) is 11.7 Å². The molecule has 1 fully saturated rings. The number of rotatable bonds is 1. The van der Waals surface area contributed by atoms with Gasteiger partial charge in [-0.05, 0) is 32.5 Å². The summed E-state index contributed by atoms with van der Waals surface area (Å²) >= 11 is 5.78. The molecular weight excluding hydrogens is 214 g/mol. The molecule has 0 aromatic carbocycles. The first kappa shape index (κ1) is 10.6. The number of halogens is 1. The number of aromatic nitrogens is 2. The zero-order chi connectivity index (χ0) is 10.8. The maximum atomic E-state index is 11.1. The summed E-state index contributed by atoms with van der Waals surface area (Å²) in [5, 5.41) is 6.69. The molecule has 0 spiro atoms. The number of nitrogens with zero attached hydrogens (tertiary/aromatic N) is 2. The Balaban J connectivity index is 2.28. The molecule has 1 N–H and O–H groups in total. The van der Waals surface area contributed by atoms with Gasteiger partial charge in [0.2, 0.25) is 0 Å². The summed E-state index contributed by atoms with van der Waals surface area (Å²) in [5.41, 5.74) is 0.542. The topological polar surface area (TPSA) is 49.0 Å². The van der Waals surface area contributed by atoms with Gasteiger partial charge in [-0.15, -0.1) is 0 Å². The Morgan fingerprint density at radius 2 is 2.40 bits per heavy atom. The first-order chi connectivity index (χ1) is 7.18. The van der Waals surface area contributed by atoms with Crippen LogP contribution >= 0.6 is 11.6 Å². The minimum absolute atomic E-state index is 0.221. The molecule has 0 saturated carbocycles. The van der Waals surface area contributed by atoms with Crippen LogP contribution in [0.1, 0.15) is 31.0 Å². The van der Waals surface area contributed by atoms with Crippen LogP contribution in [0.4, 0.5) is 0 Å². The SMILES string of the molecule is CN1CCCCC1c1cc(Cl)c(=O)[nH]n1. The molecular formula is C10H14ClN3O. The number of hydrogen-bond donors (Lipinski definition) is 1. The van der Waals surface area contributed by atoms with Gasteiger partial charge in [-0.25, -0.2) is 5.10 Å². The fraction of sp³-hybridized carbons (Fsp3) is 0.600. The van der Waals surface area contributed by atoms with E-state index in [9.17, 15) is 4.79 Å². The second kappa shape index (κ2) is 4.33. The highest BCUT2D eigenvalue weighted by atomic mass is 35.5. The van der Waals surface area contributed by atoms with Crippen molar-refractivity contribution >= 4 is 11.6 Å². The lowest BCUT2D eigenvalue weighted by atomic mass is 10.00. The van der Waals surface area contributed by atoms with Gasteiger partial charge in [-0.2, -0.15) is 5.10 Å². The average molecular weight is 228 g/mol. The standard InChI is InChI=1S/C10H14ClN3O/c1-14-5-3-2-4-9(14)8-6-7(11)10(15)13-12-8/h6,9H,2-5H2,1H3,(H,13,15). The molecule has 0 aliphatic carbocycles. The highest BCUT2D eigenvalue weighted by molar-refractivity contribution is 6.30. The largest absolute Gasteiger partial charge is 0.298 e. The smallest absolute Gasteiger partial charge is 0.282 e. The first-order valence-electron chi connectivity index (χ1n) is 5.14. The molecule has 1 aliphatic heterocycles. The Hall–Kier alpha value is -0.870. The van der Waals surface area contributed by atoms with E-state index in [0.717, 1.165) is 18.7 Å². The average Bonchev–Trinajstić information content (AvgIpc) is 2.23. The van der Waals surface area contributed by atoms with Gasteiger partial charge < -0.3 is 0 Å². The molecule has 0 radical (unpaired) electrons. The van der Waals surface area contributed by atoms with Gasteiger partial charge in [0.1, 0.15) is 5.02 Å². The van der Waals surface area contributed by atoms with Gasteiger partial charge in [-0.3, -0.25) is 9.69 Å². The zero-order valence-electron chi connectivity index (χ0n) is 8.66. The Labute approximate surface area is 93.2 Å². The van der Waals surface area contributed by atoms with Crippen molar-refractivity contribution in [3.05, 3.63) is 27.1 Å². The van der Waals surface area contributed by atoms with E-state index in [1.54, 1.807) is 6.07 Å². The van der Waals surface area contributed by atoms with E-state index in [0.29, 0.717) is 0 Å². The fourth-order valence-corrected chi connectivity index (χ4v) is 2.17. The lowest BCUT2D eigenvalue weighted by Gasteiger charge is -2.31. The fourth-order valence-electron chi connectivity index (χ4n) is 2.02. The Morgan fingerprint density at radius 1 is 1.60 bits per heavy atom. The number of likely N-dealkylation sites (tertiary alicyclic amines) is 1. The van der Waals surface area contributed by atoms with Crippen molar-refractivity contribution in [3.63, 3.8) is 0 Å². The molecule has 1 aliphatic rings. The highest BCUT2D eigenvalue weighted by Gasteiger charge is 2.22. The molecule has 5 heteroatoms. The van der Waals surface area contributed by atoms with Gasteiger partial charge >= 0.3 is 0 Å². The molecule has 1 saturated heterocycles. The minimum Gasteiger partial charge on any atom is -0.298 e. The highest BCUT2D eigenvalue weighted by Crippen LogP contribution is 2.28. The molecule has 1 unspecified atom stereocenters. The predicted molar refractivity (Wildman–Crippen MR) is 59.1 cm³/mol. The van der Waals surface area contributed by atoms with Crippen molar-refractivity contribution in [1.29, 1.82) is 0 Å². The van der Waals surface area contributed by atoms with E-state index in [1.807, 2.05) is 0 Å². The summed E-state index contributed by atoms with van der Waals surface area (Å²) < 4.78 is 0. The van der Waals surface area contributed by atoms with E-state index in [-0.39, 0.29) is 16.6 Å². The number of hydrogen-bond acceptors (Lipinski definition) is 3. The summed E-state index contributed by atoms with van der Waals surface area (Å²) in [6, 6.07) is 1.96. The molecule has 0 bridgehead atoms. The molecule has 1 atom stereocenters. The van der Waals surface area contributed by atoms with Crippen LogP contribution in [0.15, 0.2) is 10.9 Å². The molecule has 1 aromatic heterocycles. The van der Waals surface area contributed by atoms with E-state index in [1.165, 1.54) is 12.8 Å². The number of H-pyrrole nitrogens is 1. The molecule has 2 rings (SSSR count). The maximum absolute atomic E-state index is 11.1. The van der Waals surface area contributed by atoms with E-state index in [2.05, 4.69) is 22.1 Å². The molecule has 1 aromatic rings. The summed E-state index contributed by atoms with van der Waals surface area (Å²) in [4.78, 5) is 13.3. The van der Waals surface area contributed by atoms with Crippen LogP contribution in [0.5, 0.6) is 0 Å². The van der Waals surface area contributed by atoms with Gasteiger partial charge in [0.25, 0.3) is 5.56 Å². The van der Waals surface area contributed by atoms with Crippen molar-refractivity contribution in [2.24, 2.45) is 0 Å². The zero-order valence-corrected chi connectivity index (χ0v) is 9.42. The second-order valence-corrected chi connectivity index (χ2v) is 4.37. The lowest BCUT2D eigenvalue weighted by molar-refractivity contribution is 0.182. The monoisotopic (exact) mass is 227 g/mol.